The van der Waals surface area contributed by atoms with Gasteiger partial charge in [0.1, 0.15) is 0 Å². The van der Waals surface area contributed by atoms with Crippen LogP contribution in [0.25, 0.3) is 0 Å². The molecule has 5 heteroatoms. The number of rotatable bonds is 5. The number of nitrogens with zero attached hydrogens (tertiary/aromatic N) is 1. The van der Waals surface area contributed by atoms with Crippen molar-refractivity contribution in [2.45, 2.75) is 51.7 Å². The van der Waals surface area contributed by atoms with Crippen molar-refractivity contribution in [1.82, 2.24) is 0 Å². The SMILES string of the molecule is CC(C)Oc1cc(N2CCCCC2CCO)c(N)cc1F. The number of halogens is 1. The zero-order valence-corrected chi connectivity index (χ0v) is 12.8. The van der Waals surface area contributed by atoms with E-state index in [1.54, 1.807) is 6.07 Å². The number of piperidine rings is 1. The van der Waals surface area contributed by atoms with Gasteiger partial charge in [-0.3, -0.25) is 0 Å². The molecule has 0 aliphatic carbocycles. The van der Waals surface area contributed by atoms with Crippen molar-refractivity contribution >= 4 is 11.4 Å². The van der Waals surface area contributed by atoms with E-state index in [0.29, 0.717) is 12.1 Å². The Morgan fingerprint density at radius 1 is 1.43 bits per heavy atom. The molecule has 21 heavy (non-hydrogen) atoms. The second kappa shape index (κ2) is 6.98. The summed E-state index contributed by atoms with van der Waals surface area (Å²) in [7, 11) is 0. The Balaban J connectivity index is 2.32. The number of aliphatic hydroxyl groups excluding tert-OH is 1. The largest absolute Gasteiger partial charge is 0.488 e. The van der Waals surface area contributed by atoms with Crippen LogP contribution in [0.15, 0.2) is 12.1 Å². The van der Waals surface area contributed by atoms with Crippen LogP contribution < -0.4 is 15.4 Å². The third-order valence-corrected chi connectivity index (χ3v) is 3.84. The van der Waals surface area contributed by atoms with Gasteiger partial charge in [-0.2, -0.15) is 0 Å². The van der Waals surface area contributed by atoms with Crippen molar-refractivity contribution in [3.63, 3.8) is 0 Å². The lowest BCUT2D eigenvalue weighted by Crippen LogP contribution is -2.40. The summed E-state index contributed by atoms with van der Waals surface area (Å²) in [5.41, 5.74) is 7.25. The molecule has 0 spiro atoms. The van der Waals surface area contributed by atoms with E-state index in [1.807, 2.05) is 13.8 Å². The van der Waals surface area contributed by atoms with Crippen molar-refractivity contribution in [1.29, 1.82) is 0 Å². The molecule has 118 valence electrons. The predicted octanol–water partition coefficient (Wildman–Crippen LogP) is 2.94. The number of anilines is 2. The Morgan fingerprint density at radius 3 is 2.86 bits per heavy atom. The fourth-order valence-electron chi connectivity index (χ4n) is 2.92. The Labute approximate surface area is 125 Å². The third-order valence-electron chi connectivity index (χ3n) is 3.84. The molecule has 0 saturated carbocycles. The van der Waals surface area contributed by atoms with Gasteiger partial charge in [0.25, 0.3) is 0 Å². The highest BCUT2D eigenvalue weighted by Crippen LogP contribution is 2.35. The standard InChI is InChI=1S/C16H25FN2O2/c1-11(2)21-16-10-15(14(18)9-13(16)17)19-7-4-3-5-12(19)6-8-20/h9-12,20H,3-8,18H2,1-2H3. The van der Waals surface area contributed by atoms with Gasteiger partial charge in [0, 0.05) is 31.3 Å². The van der Waals surface area contributed by atoms with E-state index in [-0.39, 0.29) is 24.5 Å². The van der Waals surface area contributed by atoms with Crippen LogP contribution in [0.5, 0.6) is 5.75 Å². The summed E-state index contributed by atoms with van der Waals surface area (Å²) in [6.07, 6.45) is 3.87. The maximum Gasteiger partial charge on any atom is 0.167 e. The van der Waals surface area contributed by atoms with Crippen LogP contribution in [0.2, 0.25) is 0 Å². The molecule has 4 nitrogen and oxygen atoms in total. The highest BCUT2D eigenvalue weighted by Gasteiger charge is 2.25. The minimum absolute atomic E-state index is 0.0921. The van der Waals surface area contributed by atoms with Gasteiger partial charge in [-0.15, -0.1) is 0 Å². The molecule has 1 heterocycles. The molecular weight excluding hydrogens is 271 g/mol. The number of nitrogen functional groups attached to an aromatic ring is 1. The summed E-state index contributed by atoms with van der Waals surface area (Å²) in [5.74, 6) is -0.191. The first kappa shape index (κ1) is 15.9. The van der Waals surface area contributed by atoms with Gasteiger partial charge in [0.2, 0.25) is 0 Å². The summed E-state index contributed by atoms with van der Waals surface area (Å²) in [5, 5.41) is 9.23. The smallest absolute Gasteiger partial charge is 0.167 e. The van der Waals surface area contributed by atoms with Crippen molar-refractivity contribution in [2.24, 2.45) is 0 Å². The van der Waals surface area contributed by atoms with E-state index in [4.69, 9.17) is 10.5 Å². The van der Waals surface area contributed by atoms with Crippen LogP contribution >= 0.6 is 0 Å². The zero-order valence-electron chi connectivity index (χ0n) is 12.8. The van der Waals surface area contributed by atoms with Crippen LogP contribution in [-0.4, -0.2) is 30.4 Å². The van der Waals surface area contributed by atoms with Crippen molar-refractivity contribution < 1.29 is 14.2 Å². The van der Waals surface area contributed by atoms with Crippen LogP contribution in [0, 0.1) is 5.82 Å². The maximum atomic E-state index is 13.9. The lowest BCUT2D eigenvalue weighted by atomic mass is 9.98. The molecule has 1 aliphatic rings. The van der Waals surface area contributed by atoms with Crippen LogP contribution in [0.1, 0.15) is 39.5 Å². The van der Waals surface area contributed by atoms with Gasteiger partial charge < -0.3 is 20.5 Å². The van der Waals surface area contributed by atoms with Gasteiger partial charge in [-0.05, 0) is 39.5 Å². The van der Waals surface area contributed by atoms with Crippen LogP contribution in [-0.2, 0) is 0 Å². The lowest BCUT2D eigenvalue weighted by Gasteiger charge is -2.38. The molecule has 1 atom stereocenters. The quantitative estimate of drug-likeness (QED) is 0.820. The monoisotopic (exact) mass is 296 g/mol. The van der Waals surface area contributed by atoms with E-state index in [0.717, 1.165) is 31.5 Å². The predicted molar refractivity (Wildman–Crippen MR) is 83.3 cm³/mol. The summed E-state index contributed by atoms with van der Waals surface area (Å²) < 4.78 is 19.5. The minimum Gasteiger partial charge on any atom is -0.488 e. The van der Waals surface area contributed by atoms with Crippen molar-refractivity contribution in [3.05, 3.63) is 17.9 Å². The van der Waals surface area contributed by atoms with Gasteiger partial charge in [0.05, 0.1) is 17.5 Å². The van der Waals surface area contributed by atoms with Crippen LogP contribution in [0.4, 0.5) is 15.8 Å². The molecule has 0 bridgehead atoms. The number of aliphatic hydroxyl groups is 1. The van der Waals surface area contributed by atoms with E-state index in [1.165, 1.54) is 6.07 Å². The molecular formula is C16H25FN2O2. The first-order valence-corrected chi connectivity index (χ1v) is 7.66. The second-order valence-electron chi connectivity index (χ2n) is 5.86. The molecule has 3 N–H and O–H groups in total. The topological polar surface area (TPSA) is 58.7 Å². The first-order valence-electron chi connectivity index (χ1n) is 7.66. The first-order chi connectivity index (χ1) is 10.0. The normalized spacial score (nSPS) is 19.1. The fraction of sp³-hybridized carbons (Fsp3) is 0.625. The average molecular weight is 296 g/mol. The Hall–Kier alpha value is -1.49. The molecule has 1 aromatic rings. The Morgan fingerprint density at radius 2 is 2.19 bits per heavy atom. The Bertz CT molecular complexity index is 478. The molecule has 1 saturated heterocycles. The third kappa shape index (κ3) is 3.79. The summed E-state index contributed by atoms with van der Waals surface area (Å²) in [4.78, 5) is 2.18. The lowest BCUT2D eigenvalue weighted by molar-refractivity contribution is 0.231. The van der Waals surface area contributed by atoms with Gasteiger partial charge in [-0.25, -0.2) is 4.39 Å². The number of ether oxygens (including phenoxy) is 1. The fourth-order valence-corrected chi connectivity index (χ4v) is 2.92. The van der Waals surface area contributed by atoms with Crippen molar-refractivity contribution in [2.75, 3.05) is 23.8 Å². The summed E-state index contributed by atoms with van der Waals surface area (Å²) in [6, 6.07) is 3.28. The Kier molecular flexibility index (Phi) is 5.28. The zero-order chi connectivity index (χ0) is 15.4. The molecule has 1 unspecified atom stereocenters. The molecule has 0 radical (unpaired) electrons. The second-order valence-corrected chi connectivity index (χ2v) is 5.86. The van der Waals surface area contributed by atoms with E-state index >= 15 is 0 Å². The average Bonchev–Trinajstić information content (AvgIpc) is 2.43. The molecule has 1 aromatic carbocycles. The van der Waals surface area contributed by atoms with Gasteiger partial charge in [0.15, 0.2) is 11.6 Å². The minimum atomic E-state index is -0.430. The highest BCUT2D eigenvalue weighted by atomic mass is 19.1. The van der Waals surface area contributed by atoms with Gasteiger partial charge in [-0.1, -0.05) is 0 Å². The molecule has 0 aromatic heterocycles. The summed E-state index contributed by atoms with van der Waals surface area (Å²) in [6.45, 7) is 4.76. The van der Waals surface area contributed by atoms with Crippen LogP contribution in [0.3, 0.4) is 0 Å². The number of benzene rings is 1. The molecule has 1 fully saturated rings. The van der Waals surface area contributed by atoms with E-state index in [9.17, 15) is 9.50 Å². The number of hydrogen-bond acceptors (Lipinski definition) is 4. The number of nitrogens with two attached hydrogens (primary N) is 1. The highest BCUT2D eigenvalue weighted by molar-refractivity contribution is 5.70. The number of hydrogen-bond donors (Lipinski definition) is 2. The molecule has 1 aliphatic heterocycles. The van der Waals surface area contributed by atoms with E-state index < -0.39 is 5.82 Å². The molecule has 0 amide bonds. The van der Waals surface area contributed by atoms with E-state index in [2.05, 4.69) is 4.90 Å². The molecule has 2 rings (SSSR count). The van der Waals surface area contributed by atoms with Crippen molar-refractivity contribution in [3.8, 4) is 5.75 Å². The summed E-state index contributed by atoms with van der Waals surface area (Å²) >= 11 is 0. The maximum absolute atomic E-state index is 13.9. The van der Waals surface area contributed by atoms with Gasteiger partial charge >= 0.3 is 0 Å².